The Morgan fingerprint density at radius 3 is 2.35 bits per heavy atom. The fourth-order valence-electron chi connectivity index (χ4n) is 2.95. The van der Waals surface area contributed by atoms with Crippen molar-refractivity contribution in [2.45, 2.75) is 44.9 Å². The average molecular weight is 464 g/mol. The standard InChI is InChI=1S/C21H22ClN3O5S/c1-13-6-9-17(14(2)10-13)24-20(12-19(23-24)21(3,4)5)30-31(28,29)15-7-8-16(22)18(11-15)25(26)27/h6-12H,1-5H3. The highest BCUT2D eigenvalue weighted by Crippen LogP contribution is 2.32. The van der Waals surface area contributed by atoms with E-state index in [9.17, 15) is 18.5 Å². The maximum Gasteiger partial charge on any atom is 0.340 e. The number of halogens is 1. The van der Waals surface area contributed by atoms with Crippen molar-refractivity contribution >= 4 is 27.4 Å². The Labute approximate surface area is 185 Å². The minimum atomic E-state index is -4.39. The summed E-state index contributed by atoms with van der Waals surface area (Å²) >= 11 is 5.80. The Morgan fingerprint density at radius 2 is 1.77 bits per heavy atom. The first-order valence-electron chi connectivity index (χ1n) is 9.36. The smallest absolute Gasteiger partial charge is 0.340 e. The molecule has 0 unspecified atom stereocenters. The van der Waals surface area contributed by atoms with E-state index in [1.807, 2.05) is 52.8 Å². The van der Waals surface area contributed by atoms with Crippen molar-refractivity contribution < 1.29 is 17.5 Å². The van der Waals surface area contributed by atoms with Crippen LogP contribution >= 0.6 is 11.6 Å². The summed E-state index contributed by atoms with van der Waals surface area (Å²) in [6.45, 7) is 9.69. The second-order valence-electron chi connectivity index (χ2n) is 8.23. The summed E-state index contributed by atoms with van der Waals surface area (Å²) in [6, 6.07) is 10.4. The Balaban J connectivity index is 2.13. The minimum Gasteiger partial charge on any atom is -0.358 e. The highest BCUT2D eigenvalue weighted by Gasteiger charge is 2.27. The molecule has 3 aromatic rings. The van der Waals surface area contributed by atoms with Crippen molar-refractivity contribution in [1.29, 1.82) is 0 Å². The molecule has 0 bridgehead atoms. The van der Waals surface area contributed by atoms with Crippen LogP contribution in [0.4, 0.5) is 5.69 Å². The van der Waals surface area contributed by atoms with E-state index >= 15 is 0 Å². The Kier molecular flexibility index (Phi) is 5.86. The maximum atomic E-state index is 12.9. The maximum absolute atomic E-state index is 12.9. The lowest BCUT2D eigenvalue weighted by Crippen LogP contribution is -2.14. The second-order valence-corrected chi connectivity index (χ2v) is 10.2. The number of aromatic nitrogens is 2. The molecular formula is C21H22ClN3O5S. The van der Waals surface area contributed by atoms with E-state index in [2.05, 4.69) is 5.10 Å². The molecule has 0 saturated heterocycles. The molecule has 1 heterocycles. The van der Waals surface area contributed by atoms with Crippen LogP contribution in [0, 0.1) is 24.0 Å². The highest BCUT2D eigenvalue weighted by atomic mass is 35.5. The van der Waals surface area contributed by atoms with Crippen LogP contribution in [0.1, 0.15) is 37.6 Å². The van der Waals surface area contributed by atoms with Crippen LogP contribution in [0.25, 0.3) is 5.69 Å². The molecule has 0 aliphatic carbocycles. The first-order chi connectivity index (χ1) is 14.3. The van der Waals surface area contributed by atoms with Crippen molar-refractivity contribution in [1.82, 2.24) is 9.78 Å². The molecule has 8 nitrogen and oxygen atoms in total. The molecular weight excluding hydrogens is 442 g/mol. The monoisotopic (exact) mass is 463 g/mol. The molecule has 3 rings (SSSR count). The van der Waals surface area contributed by atoms with Gasteiger partial charge in [0.25, 0.3) is 5.69 Å². The zero-order chi connectivity index (χ0) is 23.1. The molecule has 0 aliphatic rings. The van der Waals surface area contributed by atoms with Crippen molar-refractivity contribution in [3.8, 4) is 11.6 Å². The van der Waals surface area contributed by atoms with Crippen molar-refractivity contribution in [3.63, 3.8) is 0 Å². The van der Waals surface area contributed by atoms with Gasteiger partial charge in [0.05, 0.1) is 16.3 Å². The van der Waals surface area contributed by atoms with Crippen LogP contribution in [0.5, 0.6) is 5.88 Å². The minimum absolute atomic E-state index is 0.0190. The third kappa shape index (κ3) is 4.72. The number of nitro groups is 1. The highest BCUT2D eigenvalue weighted by molar-refractivity contribution is 7.87. The number of hydrogen-bond donors (Lipinski definition) is 0. The summed E-state index contributed by atoms with van der Waals surface area (Å²) in [7, 11) is -4.39. The molecule has 0 radical (unpaired) electrons. The first-order valence-corrected chi connectivity index (χ1v) is 11.1. The second kappa shape index (κ2) is 7.97. The van der Waals surface area contributed by atoms with Crippen molar-refractivity contribution in [2.75, 3.05) is 0 Å². The van der Waals surface area contributed by atoms with Gasteiger partial charge in [-0.05, 0) is 37.6 Å². The van der Waals surface area contributed by atoms with E-state index < -0.39 is 20.7 Å². The normalized spacial score (nSPS) is 12.1. The number of hydrogen-bond acceptors (Lipinski definition) is 6. The van der Waals surface area contributed by atoms with Gasteiger partial charge in [0.15, 0.2) is 0 Å². The fraction of sp³-hybridized carbons (Fsp3) is 0.286. The molecule has 0 spiro atoms. The number of nitro benzene ring substituents is 1. The van der Waals surface area contributed by atoms with Crippen molar-refractivity contribution in [2.24, 2.45) is 0 Å². The molecule has 0 aliphatic heterocycles. The van der Waals surface area contributed by atoms with Gasteiger partial charge in [-0.2, -0.15) is 18.2 Å². The van der Waals surface area contributed by atoms with Gasteiger partial charge in [-0.15, -0.1) is 0 Å². The number of aryl methyl sites for hydroxylation is 2. The van der Waals surface area contributed by atoms with E-state index in [-0.39, 0.29) is 21.2 Å². The Bertz CT molecular complexity index is 1280. The summed E-state index contributed by atoms with van der Waals surface area (Å²) in [5, 5.41) is 15.6. The van der Waals surface area contributed by atoms with Crippen LogP contribution in [0.15, 0.2) is 47.4 Å². The van der Waals surface area contributed by atoms with Gasteiger partial charge < -0.3 is 4.18 Å². The molecule has 0 N–H and O–H groups in total. The predicted octanol–water partition coefficient (Wildman–Crippen LogP) is 5.12. The lowest BCUT2D eigenvalue weighted by atomic mass is 9.93. The van der Waals surface area contributed by atoms with Gasteiger partial charge in [0, 0.05) is 17.5 Å². The van der Waals surface area contributed by atoms with Crippen LogP contribution in [-0.4, -0.2) is 23.1 Å². The quantitative estimate of drug-likeness (QED) is 0.295. The molecule has 1 aromatic heterocycles. The lowest BCUT2D eigenvalue weighted by molar-refractivity contribution is -0.384. The number of benzene rings is 2. The topological polar surface area (TPSA) is 104 Å². The van der Waals surface area contributed by atoms with Crippen molar-refractivity contribution in [3.05, 3.63) is 74.4 Å². The molecule has 10 heteroatoms. The summed E-state index contributed by atoms with van der Waals surface area (Å²) in [5.74, 6) is -0.0190. The van der Waals surface area contributed by atoms with Crippen LogP contribution in [0.2, 0.25) is 5.02 Å². The molecule has 164 valence electrons. The zero-order valence-corrected chi connectivity index (χ0v) is 19.3. The van der Waals surface area contributed by atoms with E-state index in [1.165, 1.54) is 4.68 Å². The van der Waals surface area contributed by atoms with Crippen LogP contribution in [0.3, 0.4) is 0 Å². The first kappa shape index (κ1) is 22.8. The Morgan fingerprint density at radius 1 is 1.10 bits per heavy atom. The summed E-state index contributed by atoms with van der Waals surface area (Å²) in [5.41, 5.74) is 2.32. The molecule has 0 atom stereocenters. The molecule has 0 fully saturated rings. The van der Waals surface area contributed by atoms with Gasteiger partial charge >= 0.3 is 10.1 Å². The molecule has 2 aromatic carbocycles. The zero-order valence-electron chi connectivity index (χ0n) is 17.7. The fourth-order valence-corrected chi connectivity index (χ4v) is 4.07. The molecule has 31 heavy (non-hydrogen) atoms. The van der Waals surface area contributed by atoms with Gasteiger partial charge in [0.1, 0.15) is 9.92 Å². The number of nitrogens with zero attached hydrogens (tertiary/aromatic N) is 3. The summed E-state index contributed by atoms with van der Waals surface area (Å²) in [6.07, 6.45) is 0. The predicted molar refractivity (Wildman–Crippen MR) is 118 cm³/mol. The molecule has 0 saturated carbocycles. The summed E-state index contributed by atoms with van der Waals surface area (Å²) in [4.78, 5) is 10.0. The van der Waals surface area contributed by atoms with Crippen LogP contribution < -0.4 is 4.18 Å². The van der Waals surface area contributed by atoms with Gasteiger partial charge in [-0.3, -0.25) is 10.1 Å². The van der Waals surface area contributed by atoms with Gasteiger partial charge in [0.2, 0.25) is 5.88 Å². The lowest BCUT2D eigenvalue weighted by Gasteiger charge is -2.14. The third-order valence-electron chi connectivity index (χ3n) is 4.62. The van der Waals surface area contributed by atoms with Crippen LogP contribution in [-0.2, 0) is 15.5 Å². The average Bonchev–Trinajstić information content (AvgIpc) is 3.05. The Hall–Kier alpha value is -2.91. The van der Waals surface area contributed by atoms with E-state index in [0.717, 1.165) is 29.3 Å². The van der Waals surface area contributed by atoms with Gasteiger partial charge in [-0.1, -0.05) is 50.1 Å². The van der Waals surface area contributed by atoms with E-state index in [1.54, 1.807) is 6.07 Å². The largest absolute Gasteiger partial charge is 0.358 e. The van der Waals surface area contributed by atoms with E-state index in [4.69, 9.17) is 15.8 Å². The SMILES string of the molecule is Cc1ccc(-n2nc(C(C)(C)C)cc2OS(=O)(=O)c2ccc(Cl)c([N+](=O)[O-])c2)c(C)c1. The number of rotatable bonds is 5. The van der Waals surface area contributed by atoms with Gasteiger partial charge in [-0.25, -0.2) is 0 Å². The third-order valence-corrected chi connectivity index (χ3v) is 6.16. The molecule has 0 amide bonds. The summed E-state index contributed by atoms with van der Waals surface area (Å²) < 4.78 is 32.7. The van der Waals surface area contributed by atoms with E-state index in [0.29, 0.717) is 11.4 Å².